The van der Waals surface area contributed by atoms with E-state index in [-0.39, 0.29) is 6.04 Å². The van der Waals surface area contributed by atoms with Crippen molar-refractivity contribution in [3.63, 3.8) is 0 Å². The lowest BCUT2D eigenvalue weighted by Crippen LogP contribution is -2.63. The second-order valence-corrected chi connectivity index (χ2v) is 5.72. The zero-order chi connectivity index (χ0) is 14.2. The Bertz CT molecular complexity index is 519. The number of carboxylic acid groups (broad SMARTS) is 1. The van der Waals surface area contributed by atoms with Crippen LogP contribution in [-0.4, -0.2) is 52.0 Å². The molecule has 0 aromatic heterocycles. The van der Waals surface area contributed by atoms with Crippen molar-refractivity contribution in [3.05, 3.63) is 35.9 Å². The predicted octanol–water partition coefficient (Wildman–Crippen LogP) is 1.58. The van der Waals surface area contributed by atoms with Crippen molar-refractivity contribution in [1.82, 2.24) is 9.80 Å². The molecule has 2 unspecified atom stereocenters. The van der Waals surface area contributed by atoms with Crippen molar-refractivity contribution < 1.29 is 14.7 Å². The molecule has 0 radical (unpaired) electrons. The quantitative estimate of drug-likeness (QED) is 0.850. The fourth-order valence-corrected chi connectivity index (χ4v) is 3.57. The third-order valence-electron chi connectivity index (χ3n) is 4.40. The first kappa shape index (κ1) is 13.1. The minimum Gasteiger partial charge on any atom is -0.465 e. The van der Waals surface area contributed by atoms with Gasteiger partial charge in [-0.3, -0.25) is 9.80 Å². The van der Waals surface area contributed by atoms with Crippen LogP contribution >= 0.6 is 0 Å². The largest absolute Gasteiger partial charge is 0.465 e. The number of nitrogens with zero attached hydrogens (tertiary/aromatic N) is 2. The number of fused-ring (bicyclic) bond motifs is 2. The number of piperazine rings is 1. The molecule has 5 nitrogen and oxygen atoms in total. The van der Waals surface area contributed by atoms with E-state index >= 15 is 0 Å². The van der Waals surface area contributed by atoms with E-state index in [9.17, 15) is 14.7 Å². The van der Waals surface area contributed by atoms with Crippen molar-refractivity contribution in [2.24, 2.45) is 0 Å². The average Bonchev–Trinajstić information content (AvgIpc) is 2.69. The molecular formula is C15H18N2O3. The van der Waals surface area contributed by atoms with Crippen molar-refractivity contribution in [3.8, 4) is 0 Å². The molecule has 2 bridgehead atoms. The van der Waals surface area contributed by atoms with Gasteiger partial charge in [-0.15, -0.1) is 0 Å². The van der Waals surface area contributed by atoms with E-state index in [0.717, 1.165) is 19.3 Å². The molecule has 0 spiro atoms. The topological polar surface area (TPSA) is 60.9 Å². The first-order chi connectivity index (χ1) is 9.64. The highest BCUT2D eigenvalue weighted by Crippen LogP contribution is 2.38. The Morgan fingerprint density at radius 2 is 2.15 bits per heavy atom. The van der Waals surface area contributed by atoms with E-state index in [0.29, 0.717) is 19.5 Å². The molecule has 2 aliphatic heterocycles. The van der Waals surface area contributed by atoms with E-state index < -0.39 is 11.6 Å². The van der Waals surface area contributed by atoms with Gasteiger partial charge in [-0.25, -0.2) is 4.79 Å². The van der Waals surface area contributed by atoms with Crippen LogP contribution in [0.1, 0.15) is 18.4 Å². The van der Waals surface area contributed by atoms with E-state index in [2.05, 4.69) is 17.0 Å². The molecule has 2 atom stereocenters. The summed E-state index contributed by atoms with van der Waals surface area (Å²) in [5.41, 5.74) is 0.348. The van der Waals surface area contributed by atoms with Crippen molar-refractivity contribution in [2.45, 2.75) is 31.0 Å². The lowest BCUT2D eigenvalue weighted by molar-refractivity contribution is -0.120. The number of aldehydes is 1. The van der Waals surface area contributed by atoms with Crippen LogP contribution in [0.2, 0.25) is 0 Å². The molecule has 106 valence electrons. The zero-order valence-electron chi connectivity index (χ0n) is 11.2. The Balaban J connectivity index is 1.79. The maximum absolute atomic E-state index is 11.5. The van der Waals surface area contributed by atoms with Crippen molar-refractivity contribution in [2.75, 3.05) is 13.1 Å². The summed E-state index contributed by atoms with van der Waals surface area (Å²) in [4.78, 5) is 26.5. The van der Waals surface area contributed by atoms with Crippen molar-refractivity contribution in [1.29, 1.82) is 0 Å². The second kappa shape index (κ2) is 4.90. The molecule has 2 aliphatic rings. The third-order valence-corrected chi connectivity index (χ3v) is 4.40. The summed E-state index contributed by atoms with van der Waals surface area (Å²) in [6.45, 7) is 1.96. The number of hydrogen-bond acceptors (Lipinski definition) is 3. The number of benzene rings is 1. The molecule has 5 heteroatoms. The highest BCUT2D eigenvalue weighted by molar-refractivity contribution is 5.77. The van der Waals surface area contributed by atoms with E-state index in [1.165, 1.54) is 10.5 Å². The maximum Gasteiger partial charge on any atom is 0.408 e. The molecule has 1 aromatic carbocycles. The van der Waals surface area contributed by atoms with Crippen LogP contribution in [0.5, 0.6) is 0 Å². The summed E-state index contributed by atoms with van der Waals surface area (Å²) in [6.07, 6.45) is 1.27. The fourth-order valence-electron chi connectivity index (χ4n) is 3.57. The summed E-state index contributed by atoms with van der Waals surface area (Å²) >= 11 is 0. The molecule has 2 fully saturated rings. The molecule has 0 aliphatic carbocycles. The summed E-state index contributed by atoms with van der Waals surface area (Å²) in [5.74, 6) is 0. The van der Waals surface area contributed by atoms with Crippen LogP contribution < -0.4 is 0 Å². The van der Waals surface area contributed by atoms with Gasteiger partial charge in [0.2, 0.25) is 0 Å². The van der Waals surface area contributed by atoms with Gasteiger partial charge in [0.15, 0.2) is 0 Å². The smallest absolute Gasteiger partial charge is 0.408 e. The first-order valence-electron chi connectivity index (χ1n) is 6.89. The van der Waals surface area contributed by atoms with Gasteiger partial charge in [-0.1, -0.05) is 30.3 Å². The summed E-state index contributed by atoms with van der Waals surface area (Å²) < 4.78 is 0. The van der Waals surface area contributed by atoms with Crippen LogP contribution in [0, 0.1) is 0 Å². The normalized spacial score (nSPS) is 29.4. The number of rotatable bonds is 3. The molecular weight excluding hydrogens is 256 g/mol. The minimum atomic E-state index is -0.973. The molecule has 1 N–H and O–H groups in total. The number of likely N-dealkylation sites (tertiary alicyclic amines) is 1. The molecule has 1 amide bonds. The fraction of sp³-hybridized carbons (Fsp3) is 0.467. The van der Waals surface area contributed by atoms with E-state index in [1.807, 2.05) is 18.2 Å². The summed E-state index contributed by atoms with van der Waals surface area (Å²) in [5, 5.41) is 9.34. The molecule has 3 rings (SSSR count). The van der Waals surface area contributed by atoms with Crippen LogP contribution in [0.15, 0.2) is 30.3 Å². The second-order valence-electron chi connectivity index (χ2n) is 5.72. The Labute approximate surface area is 117 Å². The lowest BCUT2D eigenvalue weighted by atomic mass is 9.97. The van der Waals surface area contributed by atoms with Crippen LogP contribution in [-0.2, 0) is 11.3 Å². The van der Waals surface area contributed by atoms with Gasteiger partial charge in [0.1, 0.15) is 11.8 Å². The molecule has 2 heterocycles. The summed E-state index contributed by atoms with van der Waals surface area (Å²) in [6, 6.07) is 10.0. The van der Waals surface area contributed by atoms with Gasteiger partial charge in [0.25, 0.3) is 0 Å². The molecule has 1 aromatic rings. The standard InChI is InChI=1S/C15H18N2O3/c18-11-15-7-6-13(17(15)14(19)20)9-16(10-15)8-12-4-2-1-3-5-12/h1-5,11,13H,6-10H2,(H,19,20). The van der Waals surface area contributed by atoms with Gasteiger partial charge in [0, 0.05) is 25.7 Å². The number of amides is 1. The zero-order valence-corrected chi connectivity index (χ0v) is 11.2. The number of hydrogen-bond donors (Lipinski definition) is 1. The van der Waals surface area contributed by atoms with Gasteiger partial charge < -0.3 is 9.90 Å². The van der Waals surface area contributed by atoms with Gasteiger partial charge >= 0.3 is 6.09 Å². The SMILES string of the molecule is O=CC12CCC(CN(Cc3ccccc3)C1)N2C(=O)O. The first-order valence-corrected chi connectivity index (χ1v) is 6.89. The van der Waals surface area contributed by atoms with Gasteiger partial charge in [0.05, 0.1) is 0 Å². The monoisotopic (exact) mass is 274 g/mol. The van der Waals surface area contributed by atoms with Crippen LogP contribution in [0.3, 0.4) is 0 Å². The van der Waals surface area contributed by atoms with Crippen LogP contribution in [0.4, 0.5) is 4.79 Å². The van der Waals surface area contributed by atoms with Crippen LogP contribution in [0.25, 0.3) is 0 Å². The highest BCUT2D eigenvalue weighted by atomic mass is 16.4. The Kier molecular flexibility index (Phi) is 3.22. The highest BCUT2D eigenvalue weighted by Gasteiger charge is 2.53. The average molecular weight is 274 g/mol. The Hall–Kier alpha value is -1.88. The molecule has 2 saturated heterocycles. The van der Waals surface area contributed by atoms with Gasteiger partial charge in [-0.2, -0.15) is 0 Å². The third kappa shape index (κ3) is 2.08. The number of carbonyl (C=O) groups is 2. The van der Waals surface area contributed by atoms with E-state index in [4.69, 9.17) is 0 Å². The van der Waals surface area contributed by atoms with E-state index in [1.54, 1.807) is 0 Å². The molecule has 20 heavy (non-hydrogen) atoms. The van der Waals surface area contributed by atoms with Crippen molar-refractivity contribution >= 4 is 12.4 Å². The van der Waals surface area contributed by atoms with Gasteiger partial charge in [-0.05, 0) is 18.4 Å². The molecule has 0 saturated carbocycles. The predicted molar refractivity (Wildman–Crippen MR) is 73.4 cm³/mol. The maximum atomic E-state index is 11.5. The Morgan fingerprint density at radius 3 is 2.80 bits per heavy atom. The number of carbonyl (C=O) groups excluding carboxylic acids is 1. The Morgan fingerprint density at radius 1 is 1.40 bits per heavy atom. The summed E-state index contributed by atoms with van der Waals surface area (Å²) in [7, 11) is 0. The minimum absolute atomic E-state index is 0.0600. The lowest BCUT2D eigenvalue weighted by Gasteiger charge is -2.44.